The normalized spacial score (nSPS) is 22.2. The standard InChI is InChI=1S/C12H9NOS2/c13-16(14)11-4-2-1-3-9(11)5-6-10-7-8-15-12(10)16/h1-8,13H. The summed E-state index contributed by atoms with van der Waals surface area (Å²) in [7, 11) is -2.84. The third kappa shape index (κ3) is 1.27. The number of hydrogen-bond acceptors (Lipinski definition) is 3. The second-order valence-electron chi connectivity index (χ2n) is 3.59. The van der Waals surface area contributed by atoms with E-state index in [2.05, 4.69) is 0 Å². The van der Waals surface area contributed by atoms with Crippen molar-refractivity contribution in [2.24, 2.45) is 0 Å². The predicted molar refractivity (Wildman–Crippen MR) is 67.1 cm³/mol. The van der Waals surface area contributed by atoms with Crippen LogP contribution in [0.25, 0.3) is 12.2 Å². The predicted octanol–water partition coefficient (Wildman–Crippen LogP) is 3.70. The molecule has 0 spiro atoms. The molecule has 3 rings (SSSR count). The average molecular weight is 247 g/mol. The van der Waals surface area contributed by atoms with E-state index in [0.717, 1.165) is 11.1 Å². The van der Waals surface area contributed by atoms with E-state index in [-0.39, 0.29) is 0 Å². The molecule has 0 bridgehead atoms. The van der Waals surface area contributed by atoms with Crippen LogP contribution in [0.5, 0.6) is 0 Å². The van der Waals surface area contributed by atoms with Crippen molar-refractivity contribution < 1.29 is 4.21 Å². The smallest absolute Gasteiger partial charge is 0.112 e. The maximum atomic E-state index is 12.6. The minimum absolute atomic E-state index is 0.618. The van der Waals surface area contributed by atoms with Gasteiger partial charge in [0, 0.05) is 5.56 Å². The van der Waals surface area contributed by atoms with E-state index in [9.17, 15) is 4.21 Å². The van der Waals surface area contributed by atoms with Gasteiger partial charge in [-0.1, -0.05) is 30.4 Å². The fourth-order valence-electron chi connectivity index (χ4n) is 1.82. The second-order valence-corrected chi connectivity index (χ2v) is 6.73. The van der Waals surface area contributed by atoms with E-state index in [0.29, 0.717) is 9.10 Å². The van der Waals surface area contributed by atoms with Crippen LogP contribution in [0.3, 0.4) is 0 Å². The van der Waals surface area contributed by atoms with E-state index in [4.69, 9.17) is 4.78 Å². The summed E-state index contributed by atoms with van der Waals surface area (Å²) in [6, 6.07) is 9.33. The monoisotopic (exact) mass is 247 g/mol. The van der Waals surface area contributed by atoms with Crippen molar-refractivity contribution >= 4 is 33.2 Å². The van der Waals surface area contributed by atoms with Gasteiger partial charge in [0.2, 0.25) is 0 Å². The summed E-state index contributed by atoms with van der Waals surface area (Å²) in [5, 5.41) is 1.89. The van der Waals surface area contributed by atoms with Crippen LogP contribution in [0.1, 0.15) is 11.1 Å². The Morgan fingerprint density at radius 3 is 2.69 bits per heavy atom. The molecule has 2 heterocycles. The molecule has 16 heavy (non-hydrogen) atoms. The Labute approximate surface area is 98.2 Å². The van der Waals surface area contributed by atoms with Crippen LogP contribution < -0.4 is 0 Å². The first-order valence-electron chi connectivity index (χ1n) is 4.83. The average Bonchev–Trinajstić information content (AvgIpc) is 2.72. The quantitative estimate of drug-likeness (QED) is 0.646. The van der Waals surface area contributed by atoms with Crippen LogP contribution >= 0.6 is 11.3 Å². The van der Waals surface area contributed by atoms with Crippen LogP contribution in [-0.2, 0) is 9.73 Å². The van der Waals surface area contributed by atoms with Crippen LogP contribution in [-0.4, -0.2) is 4.21 Å². The zero-order chi connectivity index (χ0) is 11.2. The fourth-order valence-corrected chi connectivity index (χ4v) is 4.82. The van der Waals surface area contributed by atoms with Gasteiger partial charge in [0.15, 0.2) is 0 Å². The van der Waals surface area contributed by atoms with Crippen molar-refractivity contribution in [3.05, 3.63) is 46.8 Å². The molecule has 1 atom stereocenters. The van der Waals surface area contributed by atoms with E-state index >= 15 is 0 Å². The number of fused-ring (bicyclic) bond motifs is 2. The Morgan fingerprint density at radius 2 is 1.81 bits per heavy atom. The molecule has 0 radical (unpaired) electrons. The van der Waals surface area contributed by atoms with Crippen LogP contribution in [0.2, 0.25) is 0 Å². The van der Waals surface area contributed by atoms with Crippen molar-refractivity contribution in [2.75, 3.05) is 0 Å². The number of thiophene rings is 1. The zero-order valence-corrected chi connectivity index (χ0v) is 9.98. The van der Waals surface area contributed by atoms with E-state index in [1.165, 1.54) is 11.3 Å². The Bertz CT molecular complexity index is 681. The molecule has 0 aliphatic carbocycles. The Hall–Kier alpha value is -1.39. The first kappa shape index (κ1) is 9.81. The first-order valence-corrected chi connectivity index (χ1v) is 7.27. The molecular formula is C12H9NOS2. The Balaban J connectivity index is 2.44. The second kappa shape index (κ2) is 3.30. The van der Waals surface area contributed by atoms with Gasteiger partial charge in [-0.05, 0) is 23.1 Å². The highest BCUT2D eigenvalue weighted by atomic mass is 32.2. The number of rotatable bonds is 0. The molecule has 4 heteroatoms. The molecule has 1 aromatic carbocycles. The highest BCUT2D eigenvalue weighted by Gasteiger charge is 2.22. The molecular weight excluding hydrogens is 238 g/mol. The van der Waals surface area contributed by atoms with Crippen LogP contribution in [0, 0.1) is 4.78 Å². The lowest BCUT2D eigenvalue weighted by Gasteiger charge is -2.07. The van der Waals surface area contributed by atoms with Crippen LogP contribution in [0.15, 0.2) is 44.8 Å². The topological polar surface area (TPSA) is 40.9 Å². The molecule has 1 aliphatic heterocycles. The summed E-state index contributed by atoms with van der Waals surface area (Å²) < 4.78 is 21.4. The molecule has 0 saturated heterocycles. The van der Waals surface area contributed by atoms with Gasteiger partial charge < -0.3 is 0 Å². The van der Waals surface area contributed by atoms with Crippen molar-refractivity contribution in [1.29, 1.82) is 4.78 Å². The summed E-state index contributed by atoms with van der Waals surface area (Å²) in [5.74, 6) is 0. The molecule has 1 aromatic heterocycles. The van der Waals surface area contributed by atoms with Gasteiger partial charge >= 0.3 is 0 Å². The van der Waals surface area contributed by atoms with Crippen molar-refractivity contribution in [1.82, 2.24) is 0 Å². The molecule has 1 unspecified atom stereocenters. The minimum Gasteiger partial charge on any atom is -0.244 e. The first-order chi connectivity index (χ1) is 7.69. The lowest BCUT2D eigenvalue weighted by Crippen LogP contribution is -1.99. The highest BCUT2D eigenvalue weighted by Crippen LogP contribution is 2.35. The van der Waals surface area contributed by atoms with Gasteiger partial charge in [0.25, 0.3) is 0 Å². The maximum Gasteiger partial charge on any atom is 0.112 e. The number of benzene rings is 1. The molecule has 2 nitrogen and oxygen atoms in total. The van der Waals surface area contributed by atoms with Gasteiger partial charge in [0.1, 0.15) is 13.9 Å². The lowest BCUT2D eigenvalue weighted by molar-refractivity contribution is 0.676. The van der Waals surface area contributed by atoms with Gasteiger partial charge in [-0.25, -0.2) is 8.99 Å². The summed E-state index contributed by atoms with van der Waals surface area (Å²) in [6.07, 6.45) is 3.87. The Kier molecular flexibility index (Phi) is 2.02. The van der Waals surface area contributed by atoms with E-state index in [1.807, 2.05) is 41.8 Å². The highest BCUT2D eigenvalue weighted by molar-refractivity contribution is 7.94. The van der Waals surface area contributed by atoms with E-state index in [1.54, 1.807) is 6.07 Å². The van der Waals surface area contributed by atoms with Gasteiger partial charge in [-0.2, -0.15) is 0 Å². The SMILES string of the molecule is N=S1(=O)c2ccccc2C=Cc2ccsc21. The number of hydrogen-bond donors (Lipinski definition) is 1. The molecule has 0 amide bonds. The van der Waals surface area contributed by atoms with Crippen LogP contribution in [0.4, 0.5) is 0 Å². The third-order valence-electron chi connectivity index (χ3n) is 2.59. The molecule has 1 aliphatic rings. The summed E-state index contributed by atoms with van der Waals surface area (Å²) in [6.45, 7) is 0. The molecule has 1 N–H and O–H groups in total. The summed E-state index contributed by atoms with van der Waals surface area (Å²) in [5.41, 5.74) is 1.78. The fraction of sp³-hybridized carbons (Fsp3) is 0. The van der Waals surface area contributed by atoms with Crippen molar-refractivity contribution in [3.63, 3.8) is 0 Å². The molecule has 80 valence electrons. The largest absolute Gasteiger partial charge is 0.244 e. The molecule has 2 aromatic rings. The van der Waals surface area contributed by atoms with E-state index < -0.39 is 9.73 Å². The minimum atomic E-state index is -2.84. The zero-order valence-electron chi connectivity index (χ0n) is 8.34. The Morgan fingerprint density at radius 1 is 1.06 bits per heavy atom. The maximum absolute atomic E-state index is 12.6. The van der Waals surface area contributed by atoms with Crippen molar-refractivity contribution in [2.45, 2.75) is 9.10 Å². The lowest BCUT2D eigenvalue weighted by atomic mass is 10.2. The van der Waals surface area contributed by atoms with Gasteiger partial charge in [-0.15, -0.1) is 11.3 Å². The summed E-state index contributed by atoms with van der Waals surface area (Å²) in [4.78, 5) is 0.618. The third-order valence-corrected chi connectivity index (χ3v) is 6.05. The summed E-state index contributed by atoms with van der Waals surface area (Å²) >= 11 is 1.40. The van der Waals surface area contributed by atoms with Gasteiger partial charge in [0.05, 0.1) is 4.90 Å². The van der Waals surface area contributed by atoms with Crippen molar-refractivity contribution in [3.8, 4) is 0 Å². The van der Waals surface area contributed by atoms with Gasteiger partial charge in [-0.3, -0.25) is 0 Å². The molecule has 0 fully saturated rings. The number of nitrogens with one attached hydrogen (secondary N) is 1. The molecule has 0 saturated carbocycles.